The number of ether oxygens (including phenoxy) is 2. The van der Waals surface area contributed by atoms with Crippen LogP contribution in [0.15, 0.2) is 71.1 Å². The number of hydrogen-bond acceptors (Lipinski definition) is 5. The molecule has 1 amide bonds. The molecule has 1 aliphatic rings. The summed E-state index contributed by atoms with van der Waals surface area (Å²) >= 11 is 1.63. The molecule has 0 radical (unpaired) electrons. The molecule has 142 valence electrons. The lowest BCUT2D eigenvalue weighted by Gasteiger charge is -2.22. The number of carbonyl (C=O) groups is 1. The van der Waals surface area contributed by atoms with E-state index in [9.17, 15) is 4.79 Å². The van der Waals surface area contributed by atoms with E-state index >= 15 is 0 Å². The Hall–Kier alpha value is -3.12. The molecule has 4 rings (SSSR count). The van der Waals surface area contributed by atoms with Crippen molar-refractivity contribution >= 4 is 23.0 Å². The molecule has 0 aliphatic carbocycles. The largest absolute Gasteiger partial charge is 0.497 e. The lowest BCUT2D eigenvalue weighted by Crippen LogP contribution is -2.27. The number of amides is 1. The van der Waals surface area contributed by atoms with Crippen LogP contribution in [0.1, 0.15) is 33.3 Å². The average Bonchev–Trinajstić information content (AvgIpc) is 3.43. The first kappa shape index (κ1) is 18.3. The summed E-state index contributed by atoms with van der Waals surface area (Å²) < 4.78 is 10.6. The third-order valence-corrected chi connectivity index (χ3v) is 5.64. The highest BCUT2D eigenvalue weighted by Crippen LogP contribution is 2.36. The molecular weight excluding hydrogens is 372 g/mol. The fourth-order valence-electron chi connectivity index (χ4n) is 3.29. The summed E-state index contributed by atoms with van der Waals surface area (Å²) in [6.45, 7) is 0. The standard InChI is InChI=1S/C22H20N2O3S/c1-26-17-8-3-6-15(12-17)20-14-19(21-10-5-11-28-21)23-24(20)22(25)16-7-4-9-18(13-16)27-2/h3-13,20H,14H2,1-2H3/t20-/m1/s1. The Morgan fingerprint density at radius 1 is 1.04 bits per heavy atom. The minimum absolute atomic E-state index is 0.154. The predicted octanol–water partition coefficient (Wildman–Crippen LogP) is 4.76. The molecule has 0 unspecified atom stereocenters. The van der Waals surface area contributed by atoms with Gasteiger partial charge in [0.1, 0.15) is 11.5 Å². The molecule has 0 bridgehead atoms. The molecule has 28 heavy (non-hydrogen) atoms. The van der Waals surface area contributed by atoms with E-state index < -0.39 is 0 Å². The van der Waals surface area contributed by atoms with Crippen LogP contribution in [0.25, 0.3) is 0 Å². The normalized spacial score (nSPS) is 16.0. The van der Waals surface area contributed by atoms with Gasteiger partial charge in [-0.2, -0.15) is 5.10 Å². The molecule has 1 atom stereocenters. The van der Waals surface area contributed by atoms with Crippen molar-refractivity contribution in [2.24, 2.45) is 5.10 Å². The Morgan fingerprint density at radius 2 is 1.79 bits per heavy atom. The number of thiophene rings is 1. The third kappa shape index (κ3) is 3.51. The predicted molar refractivity (Wildman–Crippen MR) is 110 cm³/mol. The number of carbonyl (C=O) groups excluding carboxylic acids is 1. The van der Waals surface area contributed by atoms with Gasteiger partial charge in [-0.25, -0.2) is 5.01 Å². The van der Waals surface area contributed by atoms with E-state index in [1.54, 1.807) is 42.7 Å². The number of rotatable bonds is 5. The zero-order chi connectivity index (χ0) is 19.5. The molecular formula is C22H20N2O3S. The van der Waals surface area contributed by atoms with Crippen LogP contribution in [0.4, 0.5) is 0 Å². The van der Waals surface area contributed by atoms with Gasteiger partial charge < -0.3 is 9.47 Å². The monoisotopic (exact) mass is 392 g/mol. The Labute approximate surface area is 167 Å². The molecule has 0 N–H and O–H groups in total. The molecule has 1 aliphatic heterocycles. The van der Waals surface area contributed by atoms with Gasteiger partial charge >= 0.3 is 0 Å². The second-order valence-corrected chi connectivity index (χ2v) is 7.35. The van der Waals surface area contributed by atoms with E-state index in [4.69, 9.17) is 14.6 Å². The van der Waals surface area contributed by atoms with Gasteiger partial charge in [-0.1, -0.05) is 24.3 Å². The van der Waals surface area contributed by atoms with Crippen molar-refractivity contribution in [1.29, 1.82) is 0 Å². The summed E-state index contributed by atoms with van der Waals surface area (Å²) in [5.41, 5.74) is 2.45. The lowest BCUT2D eigenvalue weighted by molar-refractivity contribution is 0.0710. The highest BCUT2D eigenvalue weighted by atomic mass is 32.1. The Kier molecular flexibility index (Phi) is 5.12. The number of benzene rings is 2. The summed E-state index contributed by atoms with van der Waals surface area (Å²) in [6, 6.07) is 18.8. The zero-order valence-electron chi connectivity index (χ0n) is 15.7. The molecule has 6 heteroatoms. The molecule has 0 fully saturated rings. The van der Waals surface area contributed by atoms with Crippen molar-refractivity contribution in [3.8, 4) is 11.5 Å². The van der Waals surface area contributed by atoms with Crippen molar-refractivity contribution in [3.05, 3.63) is 82.0 Å². The van der Waals surface area contributed by atoms with E-state index in [0.29, 0.717) is 17.7 Å². The van der Waals surface area contributed by atoms with E-state index in [-0.39, 0.29) is 11.9 Å². The van der Waals surface area contributed by atoms with Gasteiger partial charge in [0.05, 0.1) is 30.9 Å². The van der Waals surface area contributed by atoms with Gasteiger partial charge in [0, 0.05) is 12.0 Å². The van der Waals surface area contributed by atoms with Crippen molar-refractivity contribution in [2.75, 3.05) is 14.2 Å². The van der Waals surface area contributed by atoms with Crippen molar-refractivity contribution < 1.29 is 14.3 Å². The van der Waals surface area contributed by atoms with Crippen LogP contribution in [0.3, 0.4) is 0 Å². The third-order valence-electron chi connectivity index (χ3n) is 4.72. The van der Waals surface area contributed by atoms with Gasteiger partial charge in [0.2, 0.25) is 0 Å². The van der Waals surface area contributed by atoms with Crippen molar-refractivity contribution in [1.82, 2.24) is 5.01 Å². The highest BCUT2D eigenvalue weighted by Gasteiger charge is 2.34. The molecule has 3 aromatic rings. The van der Waals surface area contributed by atoms with Crippen molar-refractivity contribution in [2.45, 2.75) is 12.5 Å². The van der Waals surface area contributed by atoms with Gasteiger partial charge in [0.25, 0.3) is 5.91 Å². The summed E-state index contributed by atoms with van der Waals surface area (Å²) in [6.07, 6.45) is 0.656. The van der Waals surface area contributed by atoms with Crippen LogP contribution in [0, 0.1) is 0 Å². The topological polar surface area (TPSA) is 51.1 Å². The first-order valence-electron chi connectivity index (χ1n) is 8.92. The summed E-state index contributed by atoms with van der Waals surface area (Å²) in [5, 5.41) is 8.31. The van der Waals surface area contributed by atoms with E-state index in [0.717, 1.165) is 21.9 Å². The minimum atomic E-state index is -0.189. The second-order valence-electron chi connectivity index (χ2n) is 6.40. The fourth-order valence-corrected chi connectivity index (χ4v) is 4.01. The Bertz CT molecular complexity index is 1010. The minimum Gasteiger partial charge on any atom is -0.497 e. The molecule has 1 aromatic heterocycles. The summed E-state index contributed by atoms with van der Waals surface area (Å²) in [5.74, 6) is 1.25. The average molecular weight is 392 g/mol. The molecule has 0 saturated carbocycles. The SMILES string of the molecule is COc1cccc(C(=O)N2N=C(c3cccs3)C[C@@H]2c2cccc(OC)c2)c1. The van der Waals surface area contributed by atoms with Crippen LogP contribution in [-0.2, 0) is 0 Å². The first-order valence-corrected chi connectivity index (χ1v) is 9.80. The maximum Gasteiger partial charge on any atom is 0.274 e. The summed E-state index contributed by atoms with van der Waals surface area (Å²) in [7, 11) is 3.23. The number of nitrogens with zero attached hydrogens (tertiary/aromatic N) is 2. The maximum absolute atomic E-state index is 13.3. The van der Waals surface area contributed by atoms with E-state index in [2.05, 4.69) is 0 Å². The first-order chi connectivity index (χ1) is 13.7. The fraction of sp³-hybridized carbons (Fsp3) is 0.182. The second kappa shape index (κ2) is 7.86. The van der Waals surface area contributed by atoms with Gasteiger partial charge in [-0.05, 0) is 47.3 Å². The van der Waals surface area contributed by atoms with E-state index in [1.165, 1.54) is 0 Å². The molecule has 5 nitrogen and oxygen atoms in total. The van der Waals surface area contributed by atoms with Crippen LogP contribution < -0.4 is 9.47 Å². The van der Waals surface area contributed by atoms with Crippen LogP contribution in [0.2, 0.25) is 0 Å². The Morgan fingerprint density at radius 3 is 2.50 bits per heavy atom. The zero-order valence-corrected chi connectivity index (χ0v) is 16.5. The lowest BCUT2D eigenvalue weighted by atomic mass is 10.0. The van der Waals surface area contributed by atoms with Gasteiger partial charge in [-0.15, -0.1) is 11.3 Å². The molecule has 0 spiro atoms. The Balaban J connectivity index is 1.73. The molecule has 0 saturated heterocycles. The van der Waals surface area contributed by atoms with Crippen LogP contribution >= 0.6 is 11.3 Å². The van der Waals surface area contributed by atoms with Gasteiger partial charge in [0.15, 0.2) is 0 Å². The number of hydrogen-bond donors (Lipinski definition) is 0. The maximum atomic E-state index is 13.3. The van der Waals surface area contributed by atoms with E-state index in [1.807, 2.05) is 53.9 Å². The quantitative estimate of drug-likeness (QED) is 0.629. The molecule has 2 heterocycles. The number of methoxy groups -OCH3 is 2. The van der Waals surface area contributed by atoms with Gasteiger partial charge in [-0.3, -0.25) is 4.79 Å². The smallest absolute Gasteiger partial charge is 0.274 e. The molecule has 2 aromatic carbocycles. The number of hydrazone groups is 1. The van der Waals surface area contributed by atoms with Crippen molar-refractivity contribution in [3.63, 3.8) is 0 Å². The highest BCUT2D eigenvalue weighted by molar-refractivity contribution is 7.12. The summed E-state index contributed by atoms with van der Waals surface area (Å²) in [4.78, 5) is 14.4. The van der Waals surface area contributed by atoms with Crippen LogP contribution in [0.5, 0.6) is 11.5 Å². The van der Waals surface area contributed by atoms with Crippen LogP contribution in [-0.4, -0.2) is 30.8 Å².